The Morgan fingerprint density at radius 3 is 2.60 bits per heavy atom. The van der Waals surface area contributed by atoms with E-state index in [4.69, 9.17) is 4.74 Å². The van der Waals surface area contributed by atoms with Crippen LogP contribution < -0.4 is 5.32 Å². The van der Waals surface area contributed by atoms with Crippen LogP contribution >= 0.6 is 0 Å². The van der Waals surface area contributed by atoms with Crippen molar-refractivity contribution in [3.63, 3.8) is 0 Å². The maximum absolute atomic E-state index is 11.6. The summed E-state index contributed by atoms with van der Waals surface area (Å²) in [4.78, 5) is 23.1. The summed E-state index contributed by atoms with van der Waals surface area (Å²) < 4.78 is 9.39. The summed E-state index contributed by atoms with van der Waals surface area (Å²) in [5.74, 6) is -0.449. The Balaban J connectivity index is 2.69. The van der Waals surface area contributed by atoms with Crippen LogP contribution in [0.5, 0.6) is 5.75 Å². The van der Waals surface area contributed by atoms with E-state index < -0.39 is 18.1 Å². The lowest BCUT2D eigenvalue weighted by Gasteiger charge is -2.16. The van der Waals surface area contributed by atoms with Crippen molar-refractivity contribution in [1.82, 2.24) is 5.32 Å². The van der Waals surface area contributed by atoms with Gasteiger partial charge in [-0.1, -0.05) is 24.8 Å². The van der Waals surface area contributed by atoms with Gasteiger partial charge in [0.15, 0.2) is 0 Å². The molecule has 0 saturated carbocycles. The number of hydrogen-bond acceptors (Lipinski definition) is 5. The fourth-order valence-electron chi connectivity index (χ4n) is 1.52. The van der Waals surface area contributed by atoms with Crippen LogP contribution in [-0.4, -0.2) is 36.9 Å². The van der Waals surface area contributed by atoms with Crippen LogP contribution in [0.1, 0.15) is 5.56 Å². The van der Waals surface area contributed by atoms with Gasteiger partial charge in [0.05, 0.1) is 7.11 Å². The summed E-state index contributed by atoms with van der Waals surface area (Å²) in [5, 5.41) is 11.6. The molecule has 0 aliphatic rings. The molecule has 20 heavy (non-hydrogen) atoms. The van der Waals surface area contributed by atoms with Crippen molar-refractivity contribution in [2.45, 2.75) is 12.5 Å². The second-order valence-electron chi connectivity index (χ2n) is 3.98. The monoisotopic (exact) mass is 279 g/mol. The summed E-state index contributed by atoms with van der Waals surface area (Å²) in [6.07, 6.45) is 0.933. The highest BCUT2D eigenvalue weighted by atomic mass is 16.6. The van der Waals surface area contributed by atoms with Crippen molar-refractivity contribution in [2.75, 3.05) is 13.7 Å². The first kappa shape index (κ1) is 15.6. The van der Waals surface area contributed by atoms with Gasteiger partial charge in [0.2, 0.25) is 0 Å². The first-order valence-corrected chi connectivity index (χ1v) is 5.96. The summed E-state index contributed by atoms with van der Waals surface area (Å²) in [7, 11) is 1.24. The predicted molar refractivity (Wildman–Crippen MR) is 72.3 cm³/mol. The topological polar surface area (TPSA) is 84.9 Å². The van der Waals surface area contributed by atoms with Crippen molar-refractivity contribution in [1.29, 1.82) is 0 Å². The number of carbonyl (C=O) groups excluding carboxylic acids is 2. The number of methoxy groups -OCH3 is 1. The molecule has 1 aromatic carbocycles. The van der Waals surface area contributed by atoms with Gasteiger partial charge in [-0.15, -0.1) is 0 Å². The van der Waals surface area contributed by atoms with E-state index in [2.05, 4.69) is 16.6 Å². The molecule has 0 saturated heterocycles. The molecule has 1 amide bonds. The Hall–Kier alpha value is -2.50. The minimum absolute atomic E-state index is 0.0545. The molecule has 0 heterocycles. The van der Waals surface area contributed by atoms with Crippen molar-refractivity contribution in [2.24, 2.45) is 0 Å². The van der Waals surface area contributed by atoms with Crippen molar-refractivity contribution < 1.29 is 24.2 Å². The summed E-state index contributed by atoms with van der Waals surface area (Å²) in [6.45, 7) is 3.47. The third-order valence-electron chi connectivity index (χ3n) is 2.49. The minimum Gasteiger partial charge on any atom is -0.508 e. The van der Waals surface area contributed by atoms with Gasteiger partial charge in [-0.25, -0.2) is 9.59 Å². The van der Waals surface area contributed by atoms with E-state index in [9.17, 15) is 14.7 Å². The molecule has 6 heteroatoms. The summed E-state index contributed by atoms with van der Waals surface area (Å²) >= 11 is 0. The third-order valence-corrected chi connectivity index (χ3v) is 2.49. The second-order valence-corrected chi connectivity index (χ2v) is 3.98. The van der Waals surface area contributed by atoms with Gasteiger partial charge in [0.25, 0.3) is 0 Å². The molecule has 1 aromatic rings. The van der Waals surface area contributed by atoms with E-state index in [0.717, 1.165) is 5.56 Å². The fourth-order valence-corrected chi connectivity index (χ4v) is 1.52. The number of phenols is 1. The molecule has 0 fully saturated rings. The smallest absolute Gasteiger partial charge is 0.408 e. The normalized spacial score (nSPS) is 11.2. The Morgan fingerprint density at radius 2 is 2.05 bits per heavy atom. The highest BCUT2D eigenvalue weighted by Crippen LogP contribution is 2.11. The molecule has 0 aliphatic heterocycles. The van der Waals surface area contributed by atoms with Crippen LogP contribution in [0, 0.1) is 0 Å². The van der Waals surface area contributed by atoms with Gasteiger partial charge >= 0.3 is 12.1 Å². The Bertz CT molecular complexity index is 469. The molecule has 2 N–H and O–H groups in total. The van der Waals surface area contributed by atoms with E-state index in [1.165, 1.54) is 25.3 Å². The minimum atomic E-state index is -0.859. The number of ether oxygens (including phenoxy) is 2. The van der Waals surface area contributed by atoms with Gasteiger partial charge in [-0.2, -0.15) is 0 Å². The quantitative estimate of drug-likeness (QED) is 0.607. The molecule has 0 aliphatic carbocycles. The molecule has 1 rings (SSSR count). The zero-order valence-electron chi connectivity index (χ0n) is 11.2. The average molecular weight is 279 g/mol. The molecule has 0 spiro atoms. The summed E-state index contributed by atoms with van der Waals surface area (Å²) in [5.41, 5.74) is 0.766. The number of benzene rings is 1. The fraction of sp³-hybridized carbons (Fsp3) is 0.286. The highest BCUT2D eigenvalue weighted by molar-refractivity contribution is 5.81. The molecule has 1 atom stereocenters. The lowest BCUT2D eigenvalue weighted by Crippen LogP contribution is -2.43. The number of hydrogen-bond donors (Lipinski definition) is 2. The van der Waals surface area contributed by atoms with E-state index in [1.807, 2.05) is 0 Å². The standard InChI is InChI=1S/C14H17NO5/c1-3-8-20-14(18)15-12(13(17)19-2)9-10-4-6-11(16)7-5-10/h3-7,12,16H,1,8-9H2,2H3,(H,15,18). The molecular formula is C14H17NO5. The van der Waals surface area contributed by atoms with E-state index in [-0.39, 0.29) is 18.8 Å². The van der Waals surface area contributed by atoms with Crippen molar-refractivity contribution in [3.8, 4) is 5.75 Å². The van der Waals surface area contributed by atoms with Gasteiger partial charge < -0.3 is 19.9 Å². The largest absolute Gasteiger partial charge is 0.508 e. The number of aromatic hydroxyl groups is 1. The van der Waals surface area contributed by atoms with Gasteiger partial charge in [-0.05, 0) is 17.7 Å². The van der Waals surface area contributed by atoms with E-state index >= 15 is 0 Å². The number of alkyl carbamates (subject to hydrolysis) is 1. The molecular weight excluding hydrogens is 262 g/mol. The SMILES string of the molecule is C=CCOC(=O)NC(Cc1ccc(O)cc1)C(=O)OC. The van der Waals surface area contributed by atoms with Gasteiger partial charge in [0, 0.05) is 6.42 Å². The van der Waals surface area contributed by atoms with E-state index in [1.54, 1.807) is 12.1 Å². The van der Waals surface area contributed by atoms with Crippen molar-refractivity contribution >= 4 is 12.1 Å². The predicted octanol–water partition coefficient (Wildman–Crippen LogP) is 1.39. The number of esters is 1. The maximum atomic E-state index is 11.6. The van der Waals surface area contributed by atoms with Gasteiger partial charge in [-0.3, -0.25) is 0 Å². The van der Waals surface area contributed by atoms with Gasteiger partial charge in [0.1, 0.15) is 18.4 Å². The first-order valence-electron chi connectivity index (χ1n) is 5.96. The highest BCUT2D eigenvalue weighted by Gasteiger charge is 2.22. The second kappa shape index (κ2) is 7.83. The van der Waals surface area contributed by atoms with Crippen LogP contribution in [0.25, 0.3) is 0 Å². The lowest BCUT2D eigenvalue weighted by molar-refractivity contribution is -0.142. The molecule has 0 bridgehead atoms. The van der Waals surface area contributed by atoms with Crippen LogP contribution in [0.3, 0.4) is 0 Å². The number of nitrogens with one attached hydrogen (secondary N) is 1. The zero-order valence-corrected chi connectivity index (χ0v) is 11.2. The lowest BCUT2D eigenvalue weighted by atomic mass is 10.1. The first-order chi connectivity index (χ1) is 9.56. The van der Waals surface area contributed by atoms with Crippen LogP contribution in [0.4, 0.5) is 4.79 Å². The molecule has 0 aromatic heterocycles. The number of amides is 1. The number of phenolic OH excluding ortho intramolecular Hbond substituents is 1. The summed E-state index contributed by atoms with van der Waals surface area (Å²) in [6, 6.07) is 5.45. The molecule has 6 nitrogen and oxygen atoms in total. The van der Waals surface area contributed by atoms with Crippen LogP contribution in [0.2, 0.25) is 0 Å². The molecule has 1 unspecified atom stereocenters. The Morgan fingerprint density at radius 1 is 1.40 bits per heavy atom. The third kappa shape index (κ3) is 5.01. The van der Waals surface area contributed by atoms with Crippen molar-refractivity contribution in [3.05, 3.63) is 42.5 Å². The Kier molecular flexibility index (Phi) is 6.09. The maximum Gasteiger partial charge on any atom is 0.408 e. The average Bonchev–Trinajstić information content (AvgIpc) is 2.45. The Labute approximate surface area is 117 Å². The zero-order chi connectivity index (χ0) is 15.0. The van der Waals surface area contributed by atoms with E-state index in [0.29, 0.717) is 0 Å². The molecule has 0 radical (unpaired) electrons. The number of carbonyl (C=O) groups is 2. The van der Waals surface area contributed by atoms with Crippen LogP contribution in [-0.2, 0) is 20.7 Å². The molecule has 108 valence electrons. The number of rotatable bonds is 6. The van der Waals surface area contributed by atoms with Crippen LogP contribution in [0.15, 0.2) is 36.9 Å².